The third-order valence-electron chi connectivity index (χ3n) is 4.87. The van der Waals surface area contributed by atoms with Crippen molar-refractivity contribution in [3.8, 4) is 5.75 Å². The molecule has 1 aromatic heterocycles. The van der Waals surface area contributed by atoms with Gasteiger partial charge in [0.25, 0.3) is 0 Å². The van der Waals surface area contributed by atoms with Crippen LogP contribution >= 0.6 is 0 Å². The van der Waals surface area contributed by atoms with Crippen LogP contribution in [0.2, 0.25) is 0 Å². The zero-order valence-electron chi connectivity index (χ0n) is 17.1. The fourth-order valence-corrected chi connectivity index (χ4v) is 4.06. The Morgan fingerprint density at radius 2 is 1.90 bits per heavy atom. The summed E-state index contributed by atoms with van der Waals surface area (Å²) in [5.41, 5.74) is 2.01. The highest BCUT2D eigenvalue weighted by Gasteiger charge is 2.19. The lowest BCUT2D eigenvalue weighted by Crippen LogP contribution is -2.19. The number of nitrogens with zero attached hydrogens (tertiary/aromatic N) is 1. The van der Waals surface area contributed by atoms with Gasteiger partial charge in [0.2, 0.25) is 15.8 Å². The van der Waals surface area contributed by atoms with E-state index in [1.54, 1.807) is 48.0 Å². The number of sulfonamides is 1. The minimum atomic E-state index is -3.74. The highest BCUT2D eigenvalue weighted by molar-refractivity contribution is 7.92. The Morgan fingerprint density at radius 3 is 2.58 bits per heavy atom. The van der Waals surface area contributed by atoms with Gasteiger partial charge >= 0.3 is 0 Å². The van der Waals surface area contributed by atoms with E-state index in [2.05, 4.69) is 4.72 Å². The number of ketones is 1. The van der Waals surface area contributed by atoms with E-state index >= 15 is 0 Å². The highest BCUT2D eigenvalue weighted by atomic mass is 32.2. The van der Waals surface area contributed by atoms with Crippen molar-refractivity contribution in [1.82, 2.24) is 4.57 Å². The van der Waals surface area contributed by atoms with Crippen LogP contribution in [0.5, 0.6) is 5.75 Å². The van der Waals surface area contributed by atoms with E-state index in [-0.39, 0.29) is 17.9 Å². The van der Waals surface area contributed by atoms with Gasteiger partial charge in [0.1, 0.15) is 11.6 Å². The number of ether oxygens (including phenoxy) is 1. The molecule has 9 heteroatoms. The van der Waals surface area contributed by atoms with Crippen molar-refractivity contribution in [3.05, 3.63) is 82.9 Å². The fraction of sp³-hybridized carbons (Fsp3) is 0.227. The van der Waals surface area contributed by atoms with Crippen LogP contribution < -0.4 is 9.46 Å². The van der Waals surface area contributed by atoms with E-state index in [4.69, 9.17) is 9.84 Å². The molecule has 31 heavy (non-hydrogen) atoms. The van der Waals surface area contributed by atoms with Crippen LogP contribution in [-0.2, 0) is 23.5 Å². The monoisotopic (exact) mass is 446 g/mol. The first kappa shape index (κ1) is 22.5. The summed E-state index contributed by atoms with van der Waals surface area (Å²) in [5.74, 6) is -0.785. The molecule has 0 fully saturated rings. The topological polar surface area (TPSA) is 97.6 Å². The second kappa shape index (κ2) is 9.32. The summed E-state index contributed by atoms with van der Waals surface area (Å²) in [4.78, 5) is 13.0. The smallest absolute Gasteiger partial charge is 0.234 e. The number of hydrogen-bond acceptors (Lipinski definition) is 5. The first-order valence-corrected chi connectivity index (χ1v) is 11.1. The molecule has 0 unspecified atom stereocenters. The maximum absolute atomic E-state index is 14.6. The normalized spacial score (nSPS) is 11.4. The van der Waals surface area contributed by atoms with Crippen LogP contribution in [0.4, 0.5) is 10.1 Å². The molecule has 3 rings (SSSR count). The lowest BCUT2D eigenvalue weighted by molar-refractivity contribution is 0.102. The molecule has 0 radical (unpaired) electrons. The number of halogens is 1. The predicted molar refractivity (Wildman–Crippen MR) is 116 cm³/mol. The van der Waals surface area contributed by atoms with E-state index in [9.17, 15) is 17.6 Å². The summed E-state index contributed by atoms with van der Waals surface area (Å²) in [5, 5.41) is 8.79. The molecule has 0 aliphatic rings. The predicted octanol–water partition coefficient (Wildman–Crippen LogP) is 2.73. The molecule has 3 aromatic rings. The summed E-state index contributed by atoms with van der Waals surface area (Å²) < 4.78 is 47.2. The lowest BCUT2D eigenvalue weighted by atomic mass is 10.1. The van der Waals surface area contributed by atoms with E-state index in [0.717, 1.165) is 6.07 Å². The number of methoxy groups -OCH3 is 1. The van der Waals surface area contributed by atoms with Gasteiger partial charge in [-0.05, 0) is 42.0 Å². The quantitative estimate of drug-likeness (QED) is 0.493. The molecule has 0 spiro atoms. The number of carbonyl (C=O) groups excluding carboxylic acids is 1. The van der Waals surface area contributed by atoms with Crippen LogP contribution in [0.1, 0.15) is 27.3 Å². The van der Waals surface area contributed by atoms with Gasteiger partial charge in [-0.1, -0.05) is 18.2 Å². The van der Waals surface area contributed by atoms with E-state index in [1.165, 1.54) is 19.2 Å². The molecule has 0 saturated heterocycles. The van der Waals surface area contributed by atoms with Crippen molar-refractivity contribution in [1.29, 1.82) is 0 Å². The number of rotatable bonds is 9. The largest absolute Gasteiger partial charge is 0.496 e. The zero-order chi connectivity index (χ0) is 22.6. The molecule has 0 saturated carbocycles. The number of aliphatic hydroxyl groups is 1. The number of hydrogen-bond donors (Lipinski definition) is 2. The molecule has 2 aromatic carbocycles. The van der Waals surface area contributed by atoms with Gasteiger partial charge in [-0.15, -0.1) is 0 Å². The standard InChI is InChI=1S/C22H23FN2O5S/c1-25-17(9-10-20(25)22(27)18-5-3-4-6-21(18)30-2)13-15-7-8-16(14-19(15)23)24-31(28,29)12-11-26/h3-10,14,24,26H,11-13H2,1-2H3. The minimum absolute atomic E-state index is 0.0774. The summed E-state index contributed by atoms with van der Waals surface area (Å²) in [6.45, 7) is -0.528. The Morgan fingerprint density at radius 1 is 1.16 bits per heavy atom. The van der Waals surface area contributed by atoms with Crippen LogP contribution in [0.15, 0.2) is 54.6 Å². The van der Waals surface area contributed by atoms with Gasteiger partial charge in [0.05, 0.1) is 36.4 Å². The Kier molecular flexibility index (Phi) is 6.77. The molecule has 2 N–H and O–H groups in total. The molecule has 0 amide bonds. The first-order chi connectivity index (χ1) is 14.8. The third-order valence-corrected chi connectivity index (χ3v) is 6.13. The van der Waals surface area contributed by atoms with Crippen molar-refractivity contribution in [2.75, 3.05) is 24.2 Å². The molecule has 1 heterocycles. The fourth-order valence-electron chi connectivity index (χ4n) is 3.23. The van der Waals surface area contributed by atoms with Crippen molar-refractivity contribution < 1.29 is 27.4 Å². The maximum Gasteiger partial charge on any atom is 0.234 e. The van der Waals surface area contributed by atoms with E-state index < -0.39 is 28.2 Å². The van der Waals surface area contributed by atoms with Crippen molar-refractivity contribution in [3.63, 3.8) is 0 Å². The number of benzene rings is 2. The second-order valence-electron chi connectivity index (χ2n) is 6.93. The Bertz CT molecular complexity index is 1200. The number of nitrogens with one attached hydrogen (secondary N) is 1. The van der Waals surface area contributed by atoms with Crippen LogP contribution in [0.25, 0.3) is 0 Å². The van der Waals surface area contributed by atoms with Crippen molar-refractivity contribution in [2.45, 2.75) is 6.42 Å². The van der Waals surface area contributed by atoms with Gasteiger partial charge < -0.3 is 14.4 Å². The SMILES string of the molecule is COc1ccccc1C(=O)c1ccc(Cc2ccc(NS(=O)(=O)CCO)cc2F)n1C. The number of aromatic nitrogens is 1. The summed E-state index contributed by atoms with van der Waals surface area (Å²) in [6, 6.07) is 14.4. The van der Waals surface area contributed by atoms with E-state index in [1.807, 2.05) is 0 Å². The molecule has 0 bridgehead atoms. The average molecular weight is 447 g/mol. The van der Waals surface area contributed by atoms with Gasteiger partial charge in [-0.3, -0.25) is 9.52 Å². The second-order valence-corrected chi connectivity index (χ2v) is 8.77. The van der Waals surface area contributed by atoms with Crippen molar-refractivity contribution in [2.24, 2.45) is 7.05 Å². The van der Waals surface area contributed by atoms with Gasteiger partial charge in [0, 0.05) is 19.2 Å². The van der Waals surface area contributed by atoms with E-state index in [0.29, 0.717) is 28.3 Å². The van der Waals surface area contributed by atoms with Gasteiger partial charge in [0.15, 0.2) is 0 Å². The first-order valence-electron chi connectivity index (χ1n) is 9.48. The summed E-state index contributed by atoms with van der Waals surface area (Å²) >= 11 is 0. The molecular formula is C22H23FN2O5S. The molecule has 164 valence electrons. The summed E-state index contributed by atoms with van der Waals surface area (Å²) in [7, 11) is -0.508. The number of carbonyl (C=O) groups is 1. The lowest BCUT2D eigenvalue weighted by Gasteiger charge is -2.11. The minimum Gasteiger partial charge on any atom is -0.496 e. The Hall–Kier alpha value is -3.17. The zero-order valence-corrected chi connectivity index (χ0v) is 17.9. The highest BCUT2D eigenvalue weighted by Crippen LogP contribution is 2.24. The third kappa shape index (κ3) is 5.12. The molecule has 0 aliphatic carbocycles. The van der Waals surface area contributed by atoms with Crippen LogP contribution in [-0.4, -0.2) is 43.3 Å². The van der Waals surface area contributed by atoms with Crippen LogP contribution in [0.3, 0.4) is 0 Å². The molecule has 0 atom stereocenters. The van der Waals surface area contributed by atoms with Crippen molar-refractivity contribution >= 4 is 21.5 Å². The maximum atomic E-state index is 14.6. The van der Waals surface area contributed by atoms with Crippen LogP contribution in [0, 0.1) is 5.82 Å². The number of anilines is 1. The number of aliphatic hydroxyl groups excluding tert-OH is 1. The Balaban J connectivity index is 1.82. The Labute approximate surface area is 180 Å². The summed E-state index contributed by atoms with van der Waals surface area (Å²) in [6.07, 6.45) is 0.213. The molecular weight excluding hydrogens is 423 g/mol. The molecule has 7 nitrogen and oxygen atoms in total. The average Bonchev–Trinajstić information content (AvgIpc) is 3.09. The van der Waals surface area contributed by atoms with Gasteiger partial charge in [-0.25, -0.2) is 12.8 Å². The van der Waals surface area contributed by atoms with Gasteiger partial charge in [-0.2, -0.15) is 0 Å². The molecule has 0 aliphatic heterocycles. The number of para-hydroxylation sites is 1.